The Morgan fingerprint density at radius 3 is 2.16 bits per heavy atom. The molecule has 0 bridgehead atoms. The van der Waals surface area contributed by atoms with Crippen molar-refractivity contribution in [2.75, 3.05) is 13.2 Å². The molecule has 0 amide bonds. The molecule has 0 unspecified atom stereocenters. The van der Waals surface area contributed by atoms with E-state index in [1.165, 1.54) is 18.9 Å². The van der Waals surface area contributed by atoms with E-state index in [2.05, 4.69) is 6.92 Å². The van der Waals surface area contributed by atoms with Crippen molar-refractivity contribution in [2.24, 2.45) is 5.92 Å². The lowest BCUT2D eigenvalue weighted by molar-refractivity contribution is -0.207. The van der Waals surface area contributed by atoms with Crippen LogP contribution in [0.4, 0.5) is 13.2 Å². The molecule has 2 nitrogen and oxygen atoms in total. The summed E-state index contributed by atoms with van der Waals surface area (Å²) in [6.45, 7) is 5.32. The van der Waals surface area contributed by atoms with Crippen LogP contribution in [0.5, 0.6) is 0 Å². The molecule has 3 aromatic carbocycles. The van der Waals surface area contributed by atoms with Gasteiger partial charge in [0.25, 0.3) is 0 Å². The van der Waals surface area contributed by atoms with Crippen LogP contribution in [0.2, 0.25) is 0 Å². The Hall–Kier alpha value is -2.89. The molecule has 5 heteroatoms. The van der Waals surface area contributed by atoms with Crippen molar-refractivity contribution in [1.82, 2.24) is 0 Å². The van der Waals surface area contributed by atoms with Crippen LogP contribution in [0.1, 0.15) is 63.4 Å². The zero-order valence-electron chi connectivity index (χ0n) is 21.6. The quantitative estimate of drug-likeness (QED) is 0.201. The van der Waals surface area contributed by atoms with E-state index in [1.54, 1.807) is 42.5 Å². The van der Waals surface area contributed by atoms with E-state index < -0.39 is 23.7 Å². The molecule has 4 rings (SSSR count). The number of ether oxygens (including phenoxy) is 2. The maximum absolute atomic E-state index is 15.0. The predicted octanol–water partition coefficient (Wildman–Crippen LogP) is 9.19. The normalized spacial score (nSPS) is 18.0. The van der Waals surface area contributed by atoms with Gasteiger partial charge in [-0.3, -0.25) is 0 Å². The Bertz CT molecular complexity index is 1200. The SMILES string of the molecule is CCC=CCc1ccc(-c2ccc(-c3ccc(C4OCC(CCCCC)CO4)c(F)c3)cc2)c(F)c1F. The Morgan fingerprint density at radius 2 is 1.49 bits per heavy atom. The average Bonchev–Trinajstić information content (AvgIpc) is 2.92. The molecule has 1 saturated heterocycles. The fraction of sp³-hybridized carbons (Fsp3) is 0.375. The lowest BCUT2D eigenvalue weighted by atomic mass is 9.97. The van der Waals surface area contributed by atoms with Gasteiger partial charge >= 0.3 is 0 Å². The van der Waals surface area contributed by atoms with Crippen LogP contribution < -0.4 is 0 Å². The summed E-state index contributed by atoms with van der Waals surface area (Å²) < 4.78 is 56.0. The van der Waals surface area contributed by atoms with Crippen LogP contribution in [0.25, 0.3) is 22.3 Å². The van der Waals surface area contributed by atoms with Crippen molar-refractivity contribution < 1.29 is 22.6 Å². The van der Waals surface area contributed by atoms with E-state index >= 15 is 4.39 Å². The zero-order chi connectivity index (χ0) is 26.2. The van der Waals surface area contributed by atoms with E-state index in [-0.39, 0.29) is 5.56 Å². The molecule has 0 atom stereocenters. The molecule has 0 saturated carbocycles. The van der Waals surface area contributed by atoms with Gasteiger partial charge in [-0.15, -0.1) is 0 Å². The third-order valence-corrected chi connectivity index (χ3v) is 6.87. The lowest BCUT2D eigenvalue weighted by Crippen LogP contribution is -2.27. The van der Waals surface area contributed by atoms with Crippen molar-refractivity contribution in [1.29, 1.82) is 0 Å². The van der Waals surface area contributed by atoms with Crippen LogP contribution in [0.15, 0.2) is 66.7 Å². The second-order valence-corrected chi connectivity index (χ2v) is 9.66. The fourth-order valence-electron chi connectivity index (χ4n) is 4.66. The van der Waals surface area contributed by atoms with Crippen molar-refractivity contribution in [2.45, 2.75) is 58.7 Å². The van der Waals surface area contributed by atoms with Crippen LogP contribution in [0.3, 0.4) is 0 Å². The first kappa shape index (κ1) is 27.2. The number of unbranched alkanes of at least 4 members (excludes halogenated alkanes) is 2. The predicted molar refractivity (Wildman–Crippen MR) is 143 cm³/mol. The molecule has 1 heterocycles. The molecular formula is C32H35F3O2. The second kappa shape index (κ2) is 13.1. The molecule has 0 radical (unpaired) electrons. The number of benzene rings is 3. The molecular weight excluding hydrogens is 473 g/mol. The Labute approximate surface area is 218 Å². The van der Waals surface area contributed by atoms with Gasteiger partial charge < -0.3 is 9.47 Å². The molecule has 1 aliphatic rings. The Morgan fingerprint density at radius 1 is 0.784 bits per heavy atom. The van der Waals surface area contributed by atoms with Gasteiger partial charge in [-0.2, -0.15) is 0 Å². The summed E-state index contributed by atoms with van der Waals surface area (Å²) in [7, 11) is 0. The summed E-state index contributed by atoms with van der Waals surface area (Å²) in [4.78, 5) is 0. The minimum absolute atomic E-state index is 0.202. The van der Waals surface area contributed by atoms with Crippen molar-refractivity contribution in [3.05, 3.63) is 95.3 Å². The molecule has 1 aliphatic heterocycles. The van der Waals surface area contributed by atoms with Gasteiger partial charge in [0.15, 0.2) is 17.9 Å². The highest BCUT2D eigenvalue weighted by atomic mass is 19.2. The third kappa shape index (κ3) is 6.71. The zero-order valence-corrected chi connectivity index (χ0v) is 21.6. The summed E-state index contributed by atoms with van der Waals surface area (Å²) >= 11 is 0. The molecule has 0 N–H and O–H groups in total. The molecule has 0 spiro atoms. The Balaban J connectivity index is 1.43. The first-order valence-electron chi connectivity index (χ1n) is 13.3. The molecule has 37 heavy (non-hydrogen) atoms. The van der Waals surface area contributed by atoms with E-state index in [9.17, 15) is 8.78 Å². The smallest absolute Gasteiger partial charge is 0.186 e. The highest BCUT2D eigenvalue weighted by Crippen LogP contribution is 2.33. The second-order valence-electron chi connectivity index (χ2n) is 9.66. The first-order chi connectivity index (χ1) is 18.0. The van der Waals surface area contributed by atoms with Crippen LogP contribution in [0, 0.1) is 23.4 Å². The van der Waals surface area contributed by atoms with Gasteiger partial charge in [-0.1, -0.05) is 93.8 Å². The summed E-state index contributed by atoms with van der Waals surface area (Å²) in [5, 5.41) is 0. The van der Waals surface area contributed by atoms with Gasteiger partial charge in [-0.25, -0.2) is 13.2 Å². The number of hydrogen-bond donors (Lipinski definition) is 0. The number of hydrogen-bond acceptors (Lipinski definition) is 2. The van der Waals surface area contributed by atoms with Crippen molar-refractivity contribution in [3.8, 4) is 22.3 Å². The maximum atomic E-state index is 15.0. The van der Waals surface area contributed by atoms with E-state index in [0.717, 1.165) is 24.8 Å². The number of rotatable bonds is 10. The van der Waals surface area contributed by atoms with Crippen LogP contribution in [-0.4, -0.2) is 13.2 Å². The monoisotopic (exact) mass is 508 g/mol. The standard InChI is InChI=1S/C32H35F3O2/c1-3-5-7-9-22-20-36-32(37-21-22)28-18-16-26(19-29(28)33)23-11-13-24(14-12-23)27-17-15-25(10-8-6-4-2)30(34)31(27)35/h6,8,11-19,22,32H,3-5,7,9-10,20-21H2,1-2H3. The van der Waals surface area contributed by atoms with Gasteiger partial charge in [0.05, 0.1) is 13.2 Å². The van der Waals surface area contributed by atoms with Crippen molar-refractivity contribution in [3.63, 3.8) is 0 Å². The van der Waals surface area contributed by atoms with Crippen LogP contribution in [-0.2, 0) is 15.9 Å². The van der Waals surface area contributed by atoms with Crippen molar-refractivity contribution >= 4 is 0 Å². The number of allylic oxidation sites excluding steroid dienone is 2. The lowest BCUT2D eigenvalue weighted by Gasteiger charge is -2.30. The van der Waals surface area contributed by atoms with E-state index in [4.69, 9.17) is 9.47 Å². The van der Waals surface area contributed by atoms with Gasteiger partial charge in [0.2, 0.25) is 0 Å². The largest absolute Gasteiger partial charge is 0.348 e. The van der Waals surface area contributed by atoms with E-state index in [1.807, 2.05) is 25.1 Å². The summed E-state index contributed by atoms with van der Waals surface area (Å²) in [6.07, 6.45) is 8.88. The topological polar surface area (TPSA) is 18.5 Å². The van der Waals surface area contributed by atoms with Gasteiger partial charge in [0.1, 0.15) is 5.82 Å². The van der Waals surface area contributed by atoms with Crippen LogP contribution >= 0.6 is 0 Å². The molecule has 3 aromatic rings. The summed E-state index contributed by atoms with van der Waals surface area (Å²) in [6, 6.07) is 15.2. The van der Waals surface area contributed by atoms with Gasteiger partial charge in [-0.05, 0) is 47.6 Å². The maximum Gasteiger partial charge on any atom is 0.186 e. The minimum Gasteiger partial charge on any atom is -0.348 e. The minimum atomic E-state index is -0.856. The Kier molecular flexibility index (Phi) is 9.59. The van der Waals surface area contributed by atoms with E-state index in [0.29, 0.717) is 47.8 Å². The molecule has 0 aromatic heterocycles. The van der Waals surface area contributed by atoms with Gasteiger partial charge in [0, 0.05) is 17.0 Å². The highest BCUT2D eigenvalue weighted by Gasteiger charge is 2.25. The molecule has 1 fully saturated rings. The molecule has 196 valence electrons. The third-order valence-electron chi connectivity index (χ3n) is 6.87. The molecule has 0 aliphatic carbocycles. The summed E-state index contributed by atoms with van der Waals surface area (Å²) in [5.74, 6) is -1.71. The highest BCUT2D eigenvalue weighted by molar-refractivity contribution is 5.71. The number of halogens is 3. The average molecular weight is 509 g/mol. The fourth-order valence-corrected chi connectivity index (χ4v) is 4.66. The summed E-state index contributed by atoms with van der Waals surface area (Å²) in [5.41, 5.74) is 2.94. The first-order valence-corrected chi connectivity index (χ1v) is 13.3.